The van der Waals surface area contributed by atoms with E-state index in [1.54, 1.807) is 0 Å². The predicted octanol–water partition coefficient (Wildman–Crippen LogP) is 19.1. The number of esters is 4. The second-order valence-electron chi connectivity index (χ2n) is 25.8. The van der Waals surface area contributed by atoms with Gasteiger partial charge < -0.3 is 33.8 Å². The number of rotatable bonds is 66. The van der Waals surface area contributed by atoms with E-state index in [1.165, 1.54) is 141 Å². The third-order valence-corrected chi connectivity index (χ3v) is 17.9. The van der Waals surface area contributed by atoms with Gasteiger partial charge in [0.1, 0.15) is 19.3 Å². The summed E-state index contributed by atoms with van der Waals surface area (Å²) in [7, 11) is -9.89. The Morgan fingerprint density at radius 2 is 0.586 bits per heavy atom. The summed E-state index contributed by atoms with van der Waals surface area (Å²) in [6.45, 7) is 11.7. The Balaban J connectivity index is 5.16. The zero-order valence-electron chi connectivity index (χ0n) is 56.5. The first-order chi connectivity index (χ1) is 41.8. The zero-order valence-corrected chi connectivity index (χ0v) is 58.3. The van der Waals surface area contributed by atoms with Crippen molar-refractivity contribution in [1.29, 1.82) is 0 Å². The number of hydrogen-bond donors (Lipinski definition) is 3. The zero-order chi connectivity index (χ0) is 64.5. The molecule has 0 aliphatic carbocycles. The van der Waals surface area contributed by atoms with Crippen LogP contribution >= 0.6 is 15.6 Å². The van der Waals surface area contributed by atoms with E-state index >= 15 is 0 Å². The van der Waals surface area contributed by atoms with E-state index < -0.39 is 97.5 Å². The van der Waals surface area contributed by atoms with Gasteiger partial charge in [-0.3, -0.25) is 37.3 Å². The summed E-state index contributed by atoms with van der Waals surface area (Å²) in [5.41, 5.74) is 0. The van der Waals surface area contributed by atoms with Gasteiger partial charge in [0.2, 0.25) is 0 Å². The molecule has 0 fully saturated rings. The van der Waals surface area contributed by atoms with Crippen LogP contribution in [0.25, 0.3) is 0 Å². The molecule has 0 saturated carbocycles. The number of phosphoric ester groups is 2. The highest BCUT2D eigenvalue weighted by molar-refractivity contribution is 7.47. The van der Waals surface area contributed by atoms with Crippen molar-refractivity contribution < 1.29 is 80.2 Å². The summed E-state index contributed by atoms with van der Waals surface area (Å²) in [5.74, 6) is 0.152. The minimum absolute atomic E-state index is 0.102. The fourth-order valence-corrected chi connectivity index (χ4v) is 11.7. The molecule has 3 unspecified atom stereocenters. The maximum Gasteiger partial charge on any atom is 0.472 e. The van der Waals surface area contributed by atoms with Crippen LogP contribution in [-0.2, 0) is 65.4 Å². The lowest BCUT2D eigenvalue weighted by atomic mass is 10.00. The van der Waals surface area contributed by atoms with E-state index in [1.807, 2.05) is 0 Å². The molecule has 3 N–H and O–H groups in total. The van der Waals surface area contributed by atoms with Gasteiger partial charge in [-0.1, -0.05) is 286 Å². The fraction of sp³-hybridized carbons (Fsp3) is 0.941. The summed E-state index contributed by atoms with van der Waals surface area (Å²) in [6.07, 6.45) is 42.1. The molecule has 0 heterocycles. The molecule has 0 spiro atoms. The number of hydrogen-bond acceptors (Lipinski definition) is 15. The highest BCUT2D eigenvalue weighted by atomic mass is 31.2. The number of ether oxygens (including phenoxy) is 4. The van der Waals surface area contributed by atoms with Crippen LogP contribution in [0.4, 0.5) is 0 Å². The molecule has 0 bridgehead atoms. The highest BCUT2D eigenvalue weighted by Gasteiger charge is 2.30. The van der Waals surface area contributed by atoms with Crippen LogP contribution in [0.15, 0.2) is 0 Å². The number of aliphatic hydroxyl groups is 1. The molecule has 6 atom stereocenters. The first-order valence-electron chi connectivity index (χ1n) is 35.4. The van der Waals surface area contributed by atoms with Gasteiger partial charge in [-0.2, -0.15) is 0 Å². The van der Waals surface area contributed by atoms with Crippen LogP contribution in [0, 0.1) is 17.8 Å². The molecule has 0 aliphatic heterocycles. The fourth-order valence-electron chi connectivity index (χ4n) is 10.2. The van der Waals surface area contributed by atoms with Gasteiger partial charge in [0.25, 0.3) is 0 Å². The smallest absolute Gasteiger partial charge is 0.462 e. The lowest BCUT2D eigenvalue weighted by Crippen LogP contribution is -2.30. The van der Waals surface area contributed by atoms with Crippen molar-refractivity contribution >= 4 is 39.5 Å². The molecule has 17 nitrogen and oxygen atoms in total. The molecule has 0 aromatic rings. The van der Waals surface area contributed by atoms with Crippen molar-refractivity contribution in [1.82, 2.24) is 0 Å². The predicted molar refractivity (Wildman–Crippen MR) is 349 cm³/mol. The van der Waals surface area contributed by atoms with Crippen LogP contribution in [-0.4, -0.2) is 96.7 Å². The van der Waals surface area contributed by atoms with Gasteiger partial charge in [0.15, 0.2) is 12.2 Å². The first-order valence-corrected chi connectivity index (χ1v) is 38.4. The molecular weight excluding hydrogens is 1150 g/mol. The molecule has 516 valence electrons. The Bertz CT molecular complexity index is 1720. The quantitative estimate of drug-likeness (QED) is 0.0222. The van der Waals surface area contributed by atoms with Crippen molar-refractivity contribution in [2.45, 2.75) is 356 Å². The van der Waals surface area contributed by atoms with Crippen molar-refractivity contribution in [3.8, 4) is 0 Å². The van der Waals surface area contributed by atoms with Gasteiger partial charge in [0, 0.05) is 25.7 Å². The van der Waals surface area contributed by atoms with Gasteiger partial charge in [-0.05, 0) is 43.4 Å². The second-order valence-corrected chi connectivity index (χ2v) is 28.7. The molecule has 87 heavy (non-hydrogen) atoms. The molecule has 0 aromatic heterocycles. The lowest BCUT2D eigenvalue weighted by molar-refractivity contribution is -0.161. The average Bonchev–Trinajstić information content (AvgIpc) is 3.59. The van der Waals surface area contributed by atoms with Crippen LogP contribution in [0.2, 0.25) is 0 Å². The first kappa shape index (κ1) is 85.1. The number of unbranched alkanes of at least 4 members (excludes halogenated alkanes) is 33. The normalized spacial score (nSPS) is 14.6. The van der Waals surface area contributed by atoms with Gasteiger partial charge in [0.05, 0.1) is 26.4 Å². The van der Waals surface area contributed by atoms with Crippen molar-refractivity contribution in [2.75, 3.05) is 39.6 Å². The van der Waals surface area contributed by atoms with E-state index in [-0.39, 0.29) is 25.7 Å². The lowest BCUT2D eigenvalue weighted by Gasteiger charge is -2.21. The Hall–Kier alpha value is -1.94. The molecule has 0 amide bonds. The van der Waals surface area contributed by atoms with Gasteiger partial charge in [-0.25, -0.2) is 9.13 Å². The highest BCUT2D eigenvalue weighted by Crippen LogP contribution is 2.45. The third-order valence-electron chi connectivity index (χ3n) is 16.0. The van der Waals surface area contributed by atoms with Crippen LogP contribution in [0.1, 0.15) is 337 Å². The third kappa shape index (κ3) is 61.3. The average molecular weight is 1280 g/mol. The van der Waals surface area contributed by atoms with Crippen LogP contribution < -0.4 is 0 Å². The van der Waals surface area contributed by atoms with E-state index in [4.69, 9.17) is 37.0 Å². The summed E-state index contributed by atoms with van der Waals surface area (Å²) >= 11 is 0. The molecular formula is C68H132O17P2. The second kappa shape index (κ2) is 59.1. The molecule has 19 heteroatoms. The Labute approximate surface area is 530 Å². The maximum atomic E-state index is 13.0. The minimum Gasteiger partial charge on any atom is -0.462 e. The van der Waals surface area contributed by atoms with E-state index in [0.29, 0.717) is 25.7 Å². The largest absolute Gasteiger partial charge is 0.472 e. The number of carbonyl (C=O) groups excluding carboxylic acids is 4. The molecule has 0 rings (SSSR count). The van der Waals surface area contributed by atoms with E-state index in [9.17, 15) is 43.2 Å². The standard InChI is InChI=1S/C68H132O17P2/c1-8-10-11-32-42-49-65(70)78-55-63(85-68(73)52-45-38-31-30-35-41-48-61(7)9-2)57-82-86(74,75)80-53-62(69)54-81-87(76,77)83-58-64(56-79-66(71)50-43-36-28-24-21-17-19-23-27-34-40-47-60(5)6)84-67(72)51-44-37-29-25-20-16-14-12-13-15-18-22-26-33-39-46-59(3)4/h59-64,69H,8-58H2,1-7H3,(H,74,75)(H,76,77)/t61?,62-,63+,64+/m0/s1. The Kier molecular flexibility index (Phi) is 57.8. The number of phosphoric acid groups is 2. The molecule has 0 aliphatic rings. The number of carbonyl (C=O) groups is 4. The van der Waals surface area contributed by atoms with E-state index in [2.05, 4.69) is 48.5 Å². The van der Waals surface area contributed by atoms with Crippen LogP contribution in [0.3, 0.4) is 0 Å². The van der Waals surface area contributed by atoms with Gasteiger partial charge >= 0.3 is 39.5 Å². The molecule has 0 saturated heterocycles. The van der Waals surface area contributed by atoms with Crippen molar-refractivity contribution in [2.24, 2.45) is 17.8 Å². The summed E-state index contributed by atoms with van der Waals surface area (Å²) in [6, 6.07) is 0. The Morgan fingerprint density at radius 1 is 0.333 bits per heavy atom. The summed E-state index contributed by atoms with van der Waals surface area (Å²) in [4.78, 5) is 72.2. The Morgan fingerprint density at radius 3 is 0.874 bits per heavy atom. The molecule has 0 radical (unpaired) electrons. The van der Waals surface area contributed by atoms with Gasteiger partial charge in [-0.15, -0.1) is 0 Å². The summed E-state index contributed by atoms with van der Waals surface area (Å²) < 4.78 is 68.0. The topological polar surface area (TPSA) is 237 Å². The minimum atomic E-state index is -4.95. The summed E-state index contributed by atoms with van der Waals surface area (Å²) in [5, 5.41) is 10.5. The molecule has 0 aromatic carbocycles. The van der Waals surface area contributed by atoms with E-state index in [0.717, 1.165) is 114 Å². The SMILES string of the molecule is CCCCCCCC(=O)OC[C@H](COP(=O)(O)OC[C@H](O)COP(=O)(O)OC[C@@H](COC(=O)CCCCCCCCCCCCCC(C)C)OC(=O)CCCCCCCCCCCCCCCCCC(C)C)OC(=O)CCCCCCCCC(C)CC. The van der Waals surface area contributed by atoms with Crippen LogP contribution in [0.5, 0.6) is 0 Å². The van der Waals surface area contributed by atoms with Crippen molar-refractivity contribution in [3.63, 3.8) is 0 Å². The monoisotopic (exact) mass is 1280 g/mol. The maximum absolute atomic E-state index is 13.0. The van der Waals surface area contributed by atoms with Crippen molar-refractivity contribution in [3.05, 3.63) is 0 Å². The number of aliphatic hydroxyl groups excluding tert-OH is 1.